The van der Waals surface area contributed by atoms with Gasteiger partial charge in [-0.1, -0.05) is 0 Å². The molecule has 1 fully saturated rings. The maximum absolute atomic E-state index is 12.0. The number of piperidine rings is 1. The molecule has 0 spiro atoms. The molecule has 1 heterocycles. The fourth-order valence-electron chi connectivity index (χ4n) is 2.18. The molecular weight excluding hydrogens is 286 g/mol. The highest BCUT2D eigenvalue weighted by Gasteiger charge is 2.21. The van der Waals surface area contributed by atoms with Crippen LogP contribution in [0.4, 0.5) is 5.69 Å². The second-order valence-corrected chi connectivity index (χ2v) is 4.91. The summed E-state index contributed by atoms with van der Waals surface area (Å²) in [6.07, 6.45) is 1.50. The van der Waals surface area contributed by atoms with E-state index in [2.05, 4.69) is 15.3 Å². The zero-order chi connectivity index (χ0) is 16.1. The first-order valence-electron chi connectivity index (χ1n) is 6.91. The van der Waals surface area contributed by atoms with Crippen LogP contribution in [0.3, 0.4) is 0 Å². The summed E-state index contributed by atoms with van der Waals surface area (Å²) in [6, 6.07) is 4.82. The van der Waals surface area contributed by atoms with Gasteiger partial charge in [-0.2, -0.15) is 5.10 Å². The second kappa shape index (κ2) is 6.93. The molecular formula is C15H19N3O4. The van der Waals surface area contributed by atoms with Crippen LogP contribution in [0.5, 0.6) is 5.75 Å². The molecule has 0 aromatic heterocycles. The molecule has 118 valence electrons. The number of nitrogens with zero attached hydrogens (tertiary/aromatic N) is 2. The maximum atomic E-state index is 12.0. The number of esters is 1. The van der Waals surface area contributed by atoms with E-state index in [0.717, 1.165) is 13.0 Å². The molecule has 0 unspecified atom stereocenters. The van der Waals surface area contributed by atoms with Crippen molar-refractivity contribution in [3.8, 4) is 5.75 Å². The van der Waals surface area contributed by atoms with Crippen molar-refractivity contribution in [1.82, 2.24) is 4.90 Å². The summed E-state index contributed by atoms with van der Waals surface area (Å²) in [5, 5.41) is 4.16. The van der Waals surface area contributed by atoms with Gasteiger partial charge in [-0.25, -0.2) is 4.79 Å². The molecule has 1 aliphatic rings. The number of hydrogen-bond donors (Lipinski definition) is 1. The molecule has 0 saturated carbocycles. The van der Waals surface area contributed by atoms with E-state index in [4.69, 9.17) is 4.74 Å². The molecule has 7 nitrogen and oxygen atoms in total. The number of benzene rings is 1. The molecule has 1 N–H and O–H groups in total. The van der Waals surface area contributed by atoms with Crippen LogP contribution in [0.2, 0.25) is 0 Å². The maximum Gasteiger partial charge on any atom is 0.337 e. The van der Waals surface area contributed by atoms with Crippen molar-refractivity contribution in [2.24, 2.45) is 5.10 Å². The van der Waals surface area contributed by atoms with Gasteiger partial charge >= 0.3 is 5.97 Å². The highest BCUT2D eigenvalue weighted by Crippen LogP contribution is 2.26. The number of methoxy groups -OCH3 is 2. The Hall–Kier alpha value is -2.57. The zero-order valence-corrected chi connectivity index (χ0v) is 12.9. The van der Waals surface area contributed by atoms with Crippen molar-refractivity contribution in [3.63, 3.8) is 0 Å². The van der Waals surface area contributed by atoms with Crippen molar-refractivity contribution in [2.45, 2.75) is 12.8 Å². The number of anilines is 1. The molecule has 0 bridgehead atoms. The van der Waals surface area contributed by atoms with Gasteiger partial charge in [0.25, 0.3) is 5.91 Å². The fourth-order valence-corrected chi connectivity index (χ4v) is 2.18. The van der Waals surface area contributed by atoms with Gasteiger partial charge in [0, 0.05) is 13.6 Å². The summed E-state index contributed by atoms with van der Waals surface area (Å²) in [6.45, 7) is 0.735. The van der Waals surface area contributed by atoms with Crippen LogP contribution in [-0.4, -0.2) is 50.3 Å². The monoisotopic (exact) mass is 305 g/mol. The van der Waals surface area contributed by atoms with E-state index in [1.54, 1.807) is 30.1 Å². The van der Waals surface area contributed by atoms with E-state index >= 15 is 0 Å². The highest BCUT2D eigenvalue weighted by molar-refractivity contribution is 6.39. The lowest BCUT2D eigenvalue weighted by molar-refractivity contribution is -0.123. The SMILES string of the molecule is COC(=O)c1ccc(OC)c(N/N=C2/CCCN(C)C2=O)c1. The van der Waals surface area contributed by atoms with Gasteiger partial charge in [0.05, 0.1) is 25.5 Å². The number of hydrogen-bond acceptors (Lipinski definition) is 6. The molecule has 22 heavy (non-hydrogen) atoms. The molecule has 0 atom stereocenters. The summed E-state index contributed by atoms with van der Waals surface area (Å²) in [5.41, 5.74) is 4.14. The molecule has 1 aromatic carbocycles. The van der Waals surface area contributed by atoms with E-state index in [-0.39, 0.29) is 5.91 Å². The van der Waals surface area contributed by atoms with Crippen LogP contribution in [0.1, 0.15) is 23.2 Å². The number of rotatable bonds is 4. The molecule has 1 amide bonds. The zero-order valence-electron chi connectivity index (χ0n) is 12.9. The minimum Gasteiger partial charge on any atom is -0.495 e. The molecule has 0 aliphatic carbocycles. The smallest absolute Gasteiger partial charge is 0.337 e. The van der Waals surface area contributed by atoms with Crippen molar-refractivity contribution < 1.29 is 19.1 Å². The topological polar surface area (TPSA) is 80.2 Å². The standard InChI is InChI=1S/C15H19N3O4/c1-18-8-4-5-11(14(18)19)16-17-12-9-10(15(20)22-3)6-7-13(12)21-2/h6-7,9,17H,4-5,8H2,1-3H3/b16-11-. The number of carbonyl (C=O) groups excluding carboxylic acids is 2. The Bertz CT molecular complexity index is 613. The summed E-state index contributed by atoms with van der Waals surface area (Å²) >= 11 is 0. The lowest BCUT2D eigenvalue weighted by atomic mass is 10.1. The van der Waals surface area contributed by atoms with Gasteiger partial charge in [0.1, 0.15) is 11.5 Å². The number of likely N-dealkylation sites (tertiary alicyclic amines) is 1. The third-order valence-corrected chi connectivity index (χ3v) is 3.43. The molecule has 1 saturated heterocycles. The molecule has 7 heteroatoms. The summed E-state index contributed by atoms with van der Waals surface area (Å²) < 4.78 is 9.91. The Morgan fingerprint density at radius 1 is 1.36 bits per heavy atom. The van der Waals surface area contributed by atoms with Gasteiger partial charge in [0.15, 0.2) is 0 Å². The van der Waals surface area contributed by atoms with E-state index in [9.17, 15) is 9.59 Å². The van der Waals surface area contributed by atoms with Crippen LogP contribution in [-0.2, 0) is 9.53 Å². The summed E-state index contributed by atoms with van der Waals surface area (Å²) in [4.78, 5) is 25.2. The van der Waals surface area contributed by atoms with Crippen molar-refractivity contribution >= 4 is 23.3 Å². The average Bonchev–Trinajstić information content (AvgIpc) is 2.55. The third kappa shape index (κ3) is 3.36. The minimum absolute atomic E-state index is 0.0955. The first-order valence-corrected chi connectivity index (χ1v) is 6.91. The molecule has 1 aliphatic heterocycles. The lowest BCUT2D eigenvalue weighted by Gasteiger charge is -2.23. The van der Waals surface area contributed by atoms with Crippen molar-refractivity contribution in [2.75, 3.05) is 33.2 Å². The fraction of sp³-hybridized carbons (Fsp3) is 0.400. The Labute approximate surface area is 128 Å². The van der Waals surface area contributed by atoms with Crippen LogP contribution in [0, 0.1) is 0 Å². The first kappa shape index (κ1) is 15.8. The molecule has 1 aromatic rings. The normalized spacial score (nSPS) is 16.6. The predicted molar refractivity (Wildman–Crippen MR) is 82.3 cm³/mol. The number of hydrazone groups is 1. The summed E-state index contributed by atoms with van der Waals surface area (Å²) in [7, 11) is 4.58. The first-order chi connectivity index (χ1) is 10.6. The van der Waals surface area contributed by atoms with Gasteiger partial charge in [-0.3, -0.25) is 10.2 Å². The van der Waals surface area contributed by atoms with E-state index in [1.165, 1.54) is 14.2 Å². The van der Waals surface area contributed by atoms with Crippen LogP contribution in [0.15, 0.2) is 23.3 Å². The second-order valence-electron chi connectivity index (χ2n) is 4.91. The Balaban J connectivity index is 2.24. The molecule has 2 rings (SSSR count). The Morgan fingerprint density at radius 3 is 2.82 bits per heavy atom. The third-order valence-electron chi connectivity index (χ3n) is 3.43. The number of ether oxygens (including phenoxy) is 2. The van der Waals surface area contributed by atoms with E-state index in [1.807, 2.05) is 0 Å². The van der Waals surface area contributed by atoms with Gasteiger partial charge < -0.3 is 14.4 Å². The number of carbonyl (C=O) groups is 2. The highest BCUT2D eigenvalue weighted by atomic mass is 16.5. The van der Waals surface area contributed by atoms with E-state index < -0.39 is 5.97 Å². The average molecular weight is 305 g/mol. The molecule has 0 radical (unpaired) electrons. The van der Waals surface area contributed by atoms with Crippen molar-refractivity contribution in [1.29, 1.82) is 0 Å². The Morgan fingerprint density at radius 2 is 2.14 bits per heavy atom. The quantitative estimate of drug-likeness (QED) is 0.673. The van der Waals surface area contributed by atoms with Gasteiger partial charge in [-0.15, -0.1) is 0 Å². The van der Waals surface area contributed by atoms with Crippen molar-refractivity contribution in [3.05, 3.63) is 23.8 Å². The number of nitrogens with one attached hydrogen (secondary N) is 1. The largest absolute Gasteiger partial charge is 0.495 e. The van der Waals surface area contributed by atoms with Gasteiger partial charge in [0.2, 0.25) is 0 Å². The summed E-state index contributed by atoms with van der Waals surface area (Å²) in [5.74, 6) is -0.0257. The van der Waals surface area contributed by atoms with Gasteiger partial charge in [-0.05, 0) is 31.0 Å². The van der Waals surface area contributed by atoms with E-state index in [0.29, 0.717) is 29.1 Å². The minimum atomic E-state index is -0.452. The van der Waals surface area contributed by atoms with Crippen LogP contribution < -0.4 is 10.2 Å². The lowest BCUT2D eigenvalue weighted by Crippen LogP contribution is -2.39. The van der Waals surface area contributed by atoms with Crippen LogP contribution in [0.25, 0.3) is 0 Å². The predicted octanol–water partition coefficient (Wildman–Crippen LogP) is 1.50. The Kier molecular flexibility index (Phi) is 4.98. The van der Waals surface area contributed by atoms with Crippen LogP contribution >= 0.6 is 0 Å². The number of amides is 1.